The van der Waals surface area contributed by atoms with Crippen LogP contribution in [0.25, 0.3) is 0 Å². The second-order valence-corrected chi connectivity index (χ2v) is 6.80. The highest BCUT2D eigenvalue weighted by Gasteiger charge is 2.27. The Hall–Kier alpha value is -1.83. The number of nitrogens with zero attached hydrogens (tertiary/aromatic N) is 2. The van der Waals surface area contributed by atoms with Crippen molar-refractivity contribution < 1.29 is 19.4 Å². The number of anilines is 1. The number of likely N-dealkylation sites (N-methyl/N-ethyl adjacent to an activating group) is 1. The second kappa shape index (κ2) is 11.1. The van der Waals surface area contributed by atoms with E-state index in [2.05, 4.69) is 10.2 Å². The SMILES string of the molecule is COc1ccccc1NC(=O)C(C)N1CCCC(N(C)CC(=O)O)CC1.Cl. The van der Waals surface area contributed by atoms with Crippen molar-refractivity contribution in [3.8, 4) is 5.75 Å². The third-order valence-electron chi connectivity index (χ3n) is 5.03. The number of likely N-dealkylation sites (tertiary alicyclic amines) is 1. The minimum atomic E-state index is -0.807. The van der Waals surface area contributed by atoms with Crippen molar-refractivity contribution in [2.24, 2.45) is 0 Å². The fraction of sp³-hybridized carbons (Fsp3) is 0.579. The average Bonchev–Trinajstić information content (AvgIpc) is 2.87. The lowest BCUT2D eigenvalue weighted by Crippen LogP contribution is -2.43. The van der Waals surface area contributed by atoms with Crippen LogP contribution in [0.1, 0.15) is 26.2 Å². The highest BCUT2D eigenvalue weighted by Crippen LogP contribution is 2.24. The van der Waals surface area contributed by atoms with Gasteiger partial charge < -0.3 is 15.2 Å². The van der Waals surface area contributed by atoms with Gasteiger partial charge in [-0.2, -0.15) is 0 Å². The van der Waals surface area contributed by atoms with Crippen LogP contribution in [0.5, 0.6) is 5.75 Å². The van der Waals surface area contributed by atoms with E-state index in [-0.39, 0.29) is 36.9 Å². The van der Waals surface area contributed by atoms with Crippen LogP contribution in [0.4, 0.5) is 5.69 Å². The summed E-state index contributed by atoms with van der Waals surface area (Å²) >= 11 is 0. The van der Waals surface area contributed by atoms with E-state index in [9.17, 15) is 9.59 Å². The summed E-state index contributed by atoms with van der Waals surface area (Å²) in [5, 5.41) is 11.9. The fourth-order valence-electron chi connectivity index (χ4n) is 3.42. The number of carboxylic acid groups (broad SMARTS) is 1. The number of benzene rings is 1. The first-order valence-electron chi connectivity index (χ1n) is 9.02. The van der Waals surface area contributed by atoms with E-state index < -0.39 is 5.97 Å². The van der Waals surface area contributed by atoms with Crippen molar-refractivity contribution in [3.05, 3.63) is 24.3 Å². The molecular weight excluding hydrogens is 370 g/mol. The molecule has 0 saturated carbocycles. The van der Waals surface area contributed by atoms with Crippen LogP contribution in [-0.4, -0.2) is 72.7 Å². The van der Waals surface area contributed by atoms with Crippen molar-refractivity contribution in [1.82, 2.24) is 9.80 Å². The van der Waals surface area contributed by atoms with Crippen molar-refractivity contribution in [1.29, 1.82) is 0 Å². The van der Waals surface area contributed by atoms with Gasteiger partial charge in [-0.25, -0.2) is 0 Å². The number of carbonyl (C=O) groups excluding carboxylic acids is 1. The summed E-state index contributed by atoms with van der Waals surface area (Å²) in [6.45, 7) is 3.56. The van der Waals surface area contributed by atoms with Crippen molar-refractivity contribution in [2.75, 3.05) is 39.1 Å². The van der Waals surface area contributed by atoms with Gasteiger partial charge in [0, 0.05) is 12.6 Å². The number of carbonyl (C=O) groups is 2. The molecule has 8 heteroatoms. The summed E-state index contributed by atoms with van der Waals surface area (Å²) in [6.07, 6.45) is 2.75. The number of hydrogen-bond donors (Lipinski definition) is 2. The molecule has 1 aromatic rings. The molecule has 1 aliphatic rings. The number of amides is 1. The summed E-state index contributed by atoms with van der Waals surface area (Å²) in [5.74, 6) is -0.232. The van der Waals surface area contributed by atoms with Gasteiger partial charge in [-0.1, -0.05) is 12.1 Å². The normalized spacial score (nSPS) is 18.9. The summed E-state index contributed by atoms with van der Waals surface area (Å²) in [5.41, 5.74) is 0.667. The molecule has 1 heterocycles. The zero-order valence-corrected chi connectivity index (χ0v) is 17.0. The van der Waals surface area contributed by atoms with E-state index in [0.29, 0.717) is 11.4 Å². The molecule has 2 unspecified atom stereocenters. The first-order chi connectivity index (χ1) is 12.4. The van der Waals surface area contributed by atoms with Gasteiger partial charge in [0.05, 0.1) is 25.4 Å². The van der Waals surface area contributed by atoms with Gasteiger partial charge in [-0.05, 0) is 51.9 Å². The topological polar surface area (TPSA) is 82.1 Å². The molecule has 0 aliphatic carbocycles. The lowest BCUT2D eigenvalue weighted by Gasteiger charge is -2.28. The van der Waals surface area contributed by atoms with Crippen molar-refractivity contribution >= 4 is 30.0 Å². The Morgan fingerprint density at radius 2 is 2.04 bits per heavy atom. The number of aliphatic carboxylic acids is 1. The molecule has 2 atom stereocenters. The zero-order valence-electron chi connectivity index (χ0n) is 16.2. The van der Waals surface area contributed by atoms with Gasteiger partial charge in [0.15, 0.2) is 0 Å². The summed E-state index contributed by atoms with van der Waals surface area (Å²) in [7, 11) is 3.43. The number of halogens is 1. The largest absolute Gasteiger partial charge is 0.495 e. The Balaban J connectivity index is 0.00000364. The van der Waals surface area contributed by atoms with E-state index >= 15 is 0 Å². The van der Waals surface area contributed by atoms with Crippen molar-refractivity contribution in [3.63, 3.8) is 0 Å². The summed E-state index contributed by atoms with van der Waals surface area (Å²) in [4.78, 5) is 27.6. The molecule has 27 heavy (non-hydrogen) atoms. The Kier molecular flexibility index (Phi) is 9.55. The maximum Gasteiger partial charge on any atom is 0.317 e. The van der Waals surface area contributed by atoms with E-state index in [1.165, 1.54) is 0 Å². The monoisotopic (exact) mass is 399 g/mol. The molecule has 1 fully saturated rings. The van der Waals surface area contributed by atoms with Gasteiger partial charge >= 0.3 is 5.97 Å². The molecule has 1 aliphatic heterocycles. The number of carboxylic acids is 1. The van der Waals surface area contributed by atoms with E-state index in [4.69, 9.17) is 9.84 Å². The Morgan fingerprint density at radius 1 is 1.33 bits per heavy atom. The second-order valence-electron chi connectivity index (χ2n) is 6.80. The van der Waals surface area contributed by atoms with E-state index in [1.54, 1.807) is 7.11 Å². The number of ether oxygens (including phenoxy) is 1. The molecule has 2 N–H and O–H groups in total. The predicted molar refractivity (Wildman–Crippen MR) is 108 cm³/mol. The number of nitrogens with one attached hydrogen (secondary N) is 1. The maximum absolute atomic E-state index is 12.7. The highest BCUT2D eigenvalue weighted by atomic mass is 35.5. The van der Waals surface area contributed by atoms with Crippen LogP contribution >= 0.6 is 12.4 Å². The minimum absolute atomic E-state index is 0. The quantitative estimate of drug-likeness (QED) is 0.732. The van der Waals surface area contributed by atoms with Gasteiger partial charge in [0.25, 0.3) is 0 Å². The number of para-hydroxylation sites is 2. The summed E-state index contributed by atoms with van der Waals surface area (Å²) in [6, 6.07) is 7.33. The Bertz CT molecular complexity index is 629. The van der Waals surface area contributed by atoms with Crippen molar-refractivity contribution in [2.45, 2.75) is 38.3 Å². The molecule has 0 aromatic heterocycles. The van der Waals surface area contributed by atoms with E-state index in [0.717, 1.165) is 32.4 Å². The van der Waals surface area contributed by atoms with Crippen LogP contribution in [0.3, 0.4) is 0 Å². The van der Waals surface area contributed by atoms with Gasteiger partial charge in [-0.3, -0.25) is 19.4 Å². The molecule has 1 aromatic carbocycles. The average molecular weight is 400 g/mol. The van der Waals surface area contributed by atoms with Crippen LogP contribution in [0, 0.1) is 0 Å². The first-order valence-corrected chi connectivity index (χ1v) is 9.02. The lowest BCUT2D eigenvalue weighted by atomic mass is 10.1. The van der Waals surface area contributed by atoms with E-state index in [1.807, 2.05) is 43.1 Å². The molecule has 2 rings (SSSR count). The Morgan fingerprint density at radius 3 is 2.70 bits per heavy atom. The first kappa shape index (κ1) is 23.2. The molecule has 7 nitrogen and oxygen atoms in total. The molecule has 1 amide bonds. The maximum atomic E-state index is 12.7. The molecule has 0 spiro atoms. The smallest absolute Gasteiger partial charge is 0.317 e. The number of hydrogen-bond acceptors (Lipinski definition) is 5. The summed E-state index contributed by atoms with van der Waals surface area (Å²) < 4.78 is 5.28. The molecule has 0 bridgehead atoms. The Labute approximate surface area is 167 Å². The van der Waals surface area contributed by atoms with Crippen LogP contribution in [0.2, 0.25) is 0 Å². The highest BCUT2D eigenvalue weighted by molar-refractivity contribution is 5.95. The van der Waals surface area contributed by atoms with Gasteiger partial charge in [-0.15, -0.1) is 12.4 Å². The lowest BCUT2D eigenvalue weighted by molar-refractivity contribution is -0.138. The molecular formula is C19H30ClN3O4. The van der Waals surface area contributed by atoms with Crippen LogP contribution in [0.15, 0.2) is 24.3 Å². The number of rotatable bonds is 7. The minimum Gasteiger partial charge on any atom is -0.495 e. The van der Waals surface area contributed by atoms with Crippen LogP contribution in [-0.2, 0) is 9.59 Å². The standard InChI is InChI=1S/C19H29N3O4.ClH/c1-14(19(25)20-16-8-4-5-9-17(16)26-3)22-11-6-7-15(10-12-22)21(2)13-18(23)24;/h4-5,8-9,14-15H,6-7,10-13H2,1-3H3,(H,20,25)(H,23,24);1H. The predicted octanol–water partition coefficient (Wildman–Crippen LogP) is 2.31. The third kappa shape index (κ3) is 6.68. The molecule has 152 valence electrons. The third-order valence-corrected chi connectivity index (χ3v) is 5.03. The van der Waals surface area contributed by atoms with Gasteiger partial charge in [0.1, 0.15) is 5.75 Å². The molecule has 0 radical (unpaired) electrons. The van der Waals surface area contributed by atoms with Crippen LogP contribution < -0.4 is 10.1 Å². The zero-order chi connectivity index (χ0) is 19.1. The number of methoxy groups -OCH3 is 1. The van der Waals surface area contributed by atoms with Gasteiger partial charge in [0.2, 0.25) is 5.91 Å². The fourth-order valence-corrected chi connectivity index (χ4v) is 3.42. The molecule has 1 saturated heterocycles.